The molecule has 5 aromatic rings. The van der Waals surface area contributed by atoms with Crippen LogP contribution in [0.25, 0.3) is 32.9 Å². The van der Waals surface area contributed by atoms with Gasteiger partial charge in [-0.1, -0.05) is 13.0 Å². The van der Waals surface area contributed by atoms with Gasteiger partial charge in [-0.3, -0.25) is 14.7 Å². The molecule has 0 spiro atoms. The van der Waals surface area contributed by atoms with Crippen LogP contribution in [-0.4, -0.2) is 78.6 Å². The van der Waals surface area contributed by atoms with E-state index in [0.29, 0.717) is 48.7 Å². The monoisotopic (exact) mass is 659 g/mol. The number of phenols is 1. The van der Waals surface area contributed by atoms with E-state index in [1.54, 1.807) is 26.1 Å². The molecule has 2 N–H and O–H groups in total. The van der Waals surface area contributed by atoms with Gasteiger partial charge in [-0.15, -0.1) is 0 Å². The fourth-order valence-electron chi connectivity index (χ4n) is 7.22. The largest absolute Gasteiger partial charge is 0.508 e. The zero-order chi connectivity index (χ0) is 33.6. The number of halogens is 3. The molecule has 0 unspecified atom stereocenters. The summed E-state index contributed by atoms with van der Waals surface area (Å²) in [7, 11) is 0. The van der Waals surface area contributed by atoms with Gasteiger partial charge in [0.15, 0.2) is 5.82 Å². The Morgan fingerprint density at radius 3 is 2.85 bits per heavy atom. The highest BCUT2D eigenvalue weighted by molar-refractivity contribution is 6.01. The predicted octanol–water partition coefficient (Wildman–Crippen LogP) is 6.38. The summed E-state index contributed by atoms with van der Waals surface area (Å²) in [6.07, 6.45) is 5.14. The van der Waals surface area contributed by atoms with Crippen LogP contribution in [0.15, 0.2) is 42.7 Å². The Morgan fingerprint density at radius 2 is 2.06 bits per heavy atom. The van der Waals surface area contributed by atoms with E-state index in [2.05, 4.69) is 30.3 Å². The van der Waals surface area contributed by atoms with Gasteiger partial charge in [0, 0.05) is 43.9 Å². The number of aryl methyl sites for hydroxylation is 2. The first-order chi connectivity index (χ1) is 23.2. The highest BCUT2D eigenvalue weighted by Gasteiger charge is 2.49. The summed E-state index contributed by atoms with van der Waals surface area (Å²) in [6.45, 7) is 5.21. The molecule has 0 bridgehead atoms. The van der Waals surface area contributed by atoms with Crippen LogP contribution in [0.2, 0.25) is 0 Å². The SMILES string of the molecule is CCc1c(F)ccc2cc(O)cc(-c3ncc4c(NCCCC(=O)n5ccc(C)n5)nc(OC[C@@]56CCCN5C[C@H](F)C6)nc4c3F)c12. The highest BCUT2D eigenvalue weighted by Crippen LogP contribution is 2.41. The number of rotatable bonds is 10. The fourth-order valence-corrected chi connectivity index (χ4v) is 7.22. The third-order valence-electron chi connectivity index (χ3n) is 9.49. The number of aromatic nitrogens is 5. The van der Waals surface area contributed by atoms with Crippen LogP contribution in [0.1, 0.15) is 55.1 Å². The standard InChI is InChI=1S/C35H36F3N7O3/c1-3-24-27(37)8-7-21-14-23(46)15-25(29(21)24)31-30(38)32-26(17-40-31)33(39-11-4-6-28(47)45-13-9-20(2)43-45)42-34(41-32)48-19-35-10-5-12-44(35)18-22(36)16-35/h7-9,13-15,17,22,46H,3-6,10-12,16,18-19H2,1-2H3,(H,39,41,42)/t22-,35+/m1/s1. The number of hydrogen-bond acceptors (Lipinski definition) is 9. The van der Waals surface area contributed by atoms with E-state index >= 15 is 4.39 Å². The van der Waals surface area contributed by atoms with Crippen molar-refractivity contribution in [2.24, 2.45) is 0 Å². The lowest BCUT2D eigenvalue weighted by Gasteiger charge is -2.30. The molecule has 2 fully saturated rings. The normalized spacial score (nSPS) is 19.3. The van der Waals surface area contributed by atoms with Gasteiger partial charge in [0.2, 0.25) is 5.91 Å². The molecule has 0 aliphatic carbocycles. The number of aromatic hydroxyl groups is 1. The number of pyridine rings is 1. The van der Waals surface area contributed by atoms with Gasteiger partial charge < -0.3 is 15.2 Å². The van der Waals surface area contributed by atoms with E-state index < -0.39 is 23.3 Å². The van der Waals surface area contributed by atoms with E-state index in [0.717, 1.165) is 25.1 Å². The molecule has 2 aliphatic heterocycles. The van der Waals surface area contributed by atoms with Crippen molar-refractivity contribution in [1.29, 1.82) is 0 Å². The number of carbonyl (C=O) groups is 1. The van der Waals surface area contributed by atoms with Gasteiger partial charge >= 0.3 is 6.01 Å². The van der Waals surface area contributed by atoms with Crippen LogP contribution in [0, 0.1) is 18.6 Å². The molecule has 0 amide bonds. The Kier molecular flexibility index (Phi) is 8.40. The number of phenolic OH excluding ortho intramolecular Hbond substituents is 1. The van der Waals surface area contributed by atoms with Crippen LogP contribution < -0.4 is 10.1 Å². The van der Waals surface area contributed by atoms with E-state index in [9.17, 15) is 18.7 Å². The third kappa shape index (κ3) is 5.80. The Morgan fingerprint density at radius 1 is 1.21 bits per heavy atom. The number of fused-ring (bicyclic) bond motifs is 3. The molecule has 0 saturated carbocycles. The first-order valence-corrected chi connectivity index (χ1v) is 16.3. The zero-order valence-electron chi connectivity index (χ0n) is 26.8. The molecular weight excluding hydrogens is 623 g/mol. The quantitative estimate of drug-likeness (QED) is 0.165. The molecule has 5 heterocycles. The molecule has 10 nitrogen and oxygen atoms in total. The highest BCUT2D eigenvalue weighted by atomic mass is 19.1. The molecule has 3 aromatic heterocycles. The van der Waals surface area contributed by atoms with Crippen molar-refractivity contribution in [3.05, 3.63) is 65.6 Å². The molecule has 0 radical (unpaired) electrons. The minimum atomic E-state index is -0.946. The summed E-state index contributed by atoms with van der Waals surface area (Å²) >= 11 is 0. The molecule has 2 atom stereocenters. The van der Waals surface area contributed by atoms with Crippen LogP contribution in [-0.2, 0) is 6.42 Å². The summed E-state index contributed by atoms with van der Waals surface area (Å²) in [4.78, 5) is 28.1. The van der Waals surface area contributed by atoms with Gasteiger partial charge in [-0.05, 0) is 79.8 Å². The summed E-state index contributed by atoms with van der Waals surface area (Å²) in [5, 5.41) is 19.2. The third-order valence-corrected chi connectivity index (χ3v) is 9.49. The number of ether oxygens (including phenoxy) is 1. The van der Waals surface area contributed by atoms with Crippen LogP contribution in [0.5, 0.6) is 11.8 Å². The second kappa shape index (κ2) is 12.7. The van der Waals surface area contributed by atoms with Gasteiger partial charge in [0.25, 0.3) is 0 Å². The molecule has 250 valence electrons. The number of alkyl halides is 1. The van der Waals surface area contributed by atoms with Crippen LogP contribution >= 0.6 is 0 Å². The minimum Gasteiger partial charge on any atom is -0.508 e. The van der Waals surface area contributed by atoms with Crippen molar-refractivity contribution in [1.82, 2.24) is 29.6 Å². The maximum absolute atomic E-state index is 16.7. The van der Waals surface area contributed by atoms with Crippen molar-refractivity contribution < 1.29 is 27.8 Å². The van der Waals surface area contributed by atoms with E-state index in [4.69, 9.17) is 4.74 Å². The Bertz CT molecular complexity index is 2040. The van der Waals surface area contributed by atoms with E-state index in [1.807, 2.05) is 0 Å². The van der Waals surface area contributed by atoms with Gasteiger partial charge in [0.1, 0.15) is 41.4 Å². The molecule has 2 saturated heterocycles. The van der Waals surface area contributed by atoms with Crippen LogP contribution in [0.4, 0.5) is 19.0 Å². The lowest BCUT2D eigenvalue weighted by atomic mass is 9.94. The topological polar surface area (TPSA) is 118 Å². The zero-order valence-corrected chi connectivity index (χ0v) is 26.8. The minimum absolute atomic E-state index is 0.0860. The van der Waals surface area contributed by atoms with E-state index in [1.165, 1.54) is 35.1 Å². The maximum atomic E-state index is 16.7. The molecule has 2 aromatic carbocycles. The van der Waals surface area contributed by atoms with Crippen molar-refractivity contribution in [2.75, 3.05) is 31.6 Å². The molecule has 2 aliphatic rings. The molecule has 48 heavy (non-hydrogen) atoms. The summed E-state index contributed by atoms with van der Waals surface area (Å²) in [5.74, 6) is -1.26. The van der Waals surface area contributed by atoms with E-state index in [-0.39, 0.29) is 58.7 Å². The summed E-state index contributed by atoms with van der Waals surface area (Å²) in [6, 6.07) is 7.40. The van der Waals surface area contributed by atoms with Crippen molar-refractivity contribution in [2.45, 2.75) is 64.1 Å². The first-order valence-electron chi connectivity index (χ1n) is 16.3. The average Bonchev–Trinajstić information content (AvgIpc) is 3.76. The Balaban J connectivity index is 1.25. The number of anilines is 1. The predicted molar refractivity (Wildman–Crippen MR) is 175 cm³/mol. The number of benzene rings is 2. The molecule has 7 rings (SSSR count). The lowest BCUT2D eigenvalue weighted by Crippen LogP contribution is -2.43. The van der Waals surface area contributed by atoms with Crippen molar-refractivity contribution in [3.63, 3.8) is 0 Å². The number of nitrogens with one attached hydrogen (secondary N) is 1. The number of nitrogens with zero attached hydrogens (tertiary/aromatic N) is 6. The fraction of sp³-hybridized carbons (Fsp3) is 0.400. The molecule has 13 heteroatoms. The summed E-state index contributed by atoms with van der Waals surface area (Å²) < 4.78 is 53.5. The number of carbonyl (C=O) groups excluding carboxylic acids is 1. The summed E-state index contributed by atoms with van der Waals surface area (Å²) in [5.41, 5.74) is 0.669. The first kappa shape index (κ1) is 31.8. The smallest absolute Gasteiger partial charge is 0.319 e. The number of hydrogen-bond donors (Lipinski definition) is 2. The molecular formula is C35H36F3N7O3. The van der Waals surface area contributed by atoms with Gasteiger partial charge in [0.05, 0.1) is 16.6 Å². The Labute approximate surface area is 275 Å². The van der Waals surface area contributed by atoms with Crippen molar-refractivity contribution >= 4 is 33.4 Å². The van der Waals surface area contributed by atoms with Crippen molar-refractivity contribution in [3.8, 4) is 23.0 Å². The van der Waals surface area contributed by atoms with Crippen LogP contribution in [0.3, 0.4) is 0 Å². The average molecular weight is 660 g/mol. The second-order valence-electron chi connectivity index (χ2n) is 12.7. The Hall–Kier alpha value is -4.78. The second-order valence-corrected chi connectivity index (χ2v) is 12.7. The van der Waals surface area contributed by atoms with Gasteiger partial charge in [-0.25, -0.2) is 17.9 Å². The van der Waals surface area contributed by atoms with Gasteiger partial charge in [-0.2, -0.15) is 15.1 Å². The maximum Gasteiger partial charge on any atom is 0.319 e. The lowest BCUT2D eigenvalue weighted by molar-refractivity contribution is 0.0885.